The molecular weight excluding hydrogens is 180 g/mol. The highest BCUT2D eigenvalue weighted by Crippen LogP contribution is 2.07. The summed E-state index contributed by atoms with van der Waals surface area (Å²) < 4.78 is 0. The van der Waals surface area contributed by atoms with Crippen LogP contribution in [-0.4, -0.2) is 17.5 Å². The SMILES string of the molecule is CCCCCCCCC(C)O.CS. The zero-order valence-corrected chi connectivity index (χ0v) is 10.3. The van der Waals surface area contributed by atoms with E-state index in [9.17, 15) is 0 Å². The molecule has 0 heterocycles. The highest BCUT2D eigenvalue weighted by Gasteiger charge is 1.94. The van der Waals surface area contributed by atoms with Gasteiger partial charge in [0, 0.05) is 0 Å². The van der Waals surface area contributed by atoms with Gasteiger partial charge in [-0.2, -0.15) is 12.6 Å². The standard InChI is InChI=1S/C10H22O.CH4S/c1-3-4-5-6-7-8-9-10(2)11;1-2/h10-11H,3-9H2,1-2H3;2H,1H3. The molecule has 82 valence electrons. The first-order valence-electron chi connectivity index (χ1n) is 5.40. The minimum atomic E-state index is -0.0961. The summed E-state index contributed by atoms with van der Waals surface area (Å²) in [6, 6.07) is 0. The summed E-state index contributed by atoms with van der Waals surface area (Å²) in [4.78, 5) is 0. The normalized spacial score (nSPS) is 11.8. The zero-order chi connectivity index (χ0) is 10.5. The maximum atomic E-state index is 8.96. The Balaban J connectivity index is 0. The molecule has 0 aromatic heterocycles. The van der Waals surface area contributed by atoms with Gasteiger partial charge in [-0.25, -0.2) is 0 Å². The second-order valence-electron chi connectivity index (χ2n) is 3.41. The quantitative estimate of drug-likeness (QED) is 0.481. The van der Waals surface area contributed by atoms with Crippen LogP contribution in [0.2, 0.25) is 0 Å². The summed E-state index contributed by atoms with van der Waals surface area (Å²) in [6.45, 7) is 4.10. The molecule has 0 aromatic carbocycles. The van der Waals surface area contributed by atoms with Gasteiger partial charge >= 0.3 is 0 Å². The Morgan fingerprint density at radius 3 is 1.92 bits per heavy atom. The van der Waals surface area contributed by atoms with Crippen molar-refractivity contribution in [3.63, 3.8) is 0 Å². The average Bonchev–Trinajstić information content (AvgIpc) is 2.14. The first kappa shape index (κ1) is 15.8. The molecule has 0 aliphatic carbocycles. The lowest BCUT2D eigenvalue weighted by atomic mass is 10.1. The number of unbranched alkanes of at least 4 members (excludes halogenated alkanes) is 5. The van der Waals surface area contributed by atoms with Gasteiger partial charge < -0.3 is 5.11 Å². The fraction of sp³-hybridized carbons (Fsp3) is 1.00. The van der Waals surface area contributed by atoms with Crippen LogP contribution in [0.4, 0.5) is 0 Å². The number of hydrogen-bond donors (Lipinski definition) is 2. The van der Waals surface area contributed by atoms with E-state index in [4.69, 9.17) is 5.11 Å². The summed E-state index contributed by atoms with van der Waals surface area (Å²) in [6.07, 6.45) is 10.5. The van der Waals surface area contributed by atoms with Crippen LogP contribution >= 0.6 is 12.6 Å². The van der Waals surface area contributed by atoms with Crippen molar-refractivity contribution in [2.45, 2.75) is 64.9 Å². The smallest absolute Gasteiger partial charge is 0.0512 e. The molecule has 1 atom stereocenters. The van der Waals surface area contributed by atoms with Crippen LogP contribution in [0.3, 0.4) is 0 Å². The second-order valence-corrected chi connectivity index (χ2v) is 3.41. The fourth-order valence-corrected chi connectivity index (χ4v) is 1.22. The van der Waals surface area contributed by atoms with Crippen molar-refractivity contribution in [3.8, 4) is 0 Å². The molecule has 0 spiro atoms. The summed E-state index contributed by atoms with van der Waals surface area (Å²) in [7, 11) is 0. The predicted molar refractivity (Wildman–Crippen MR) is 64.6 cm³/mol. The zero-order valence-electron chi connectivity index (χ0n) is 9.42. The second kappa shape index (κ2) is 14.8. The maximum Gasteiger partial charge on any atom is 0.0512 e. The van der Waals surface area contributed by atoms with Gasteiger partial charge in [-0.15, -0.1) is 0 Å². The molecule has 0 rings (SSSR count). The van der Waals surface area contributed by atoms with E-state index < -0.39 is 0 Å². The lowest BCUT2D eigenvalue weighted by Crippen LogP contribution is -1.98. The molecule has 1 nitrogen and oxygen atoms in total. The van der Waals surface area contributed by atoms with Crippen molar-refractivity contribution in [2.24, 2.45) is 0 Å². The van der Waals surface area contributed by atoms with E-state index in [1.807, 2.05) is 6.92 Å². The van der Waals surface area contributed by atoms with E-state index in [1.165, 1.54) is 38.5 Å². The Morgan fingerprint density at radius 1 is 1.00 bits per heavy atom. The average molecular weight is 206 g/mol. The molecule has 0 aliphatic heterocycles. The minimum absolute atomic E-state index is 0.0961. The molecule has 0 radical (unpaired) electrons. The Morgan fingerprint density at radius 2 is 1.46 bits per heavy atom. The number of aliphatic hydroxyl groups excluding tert-OH is 1. The van der Waals surface area contributed by atoms with Crippen molar-refractivity contribution >= 4 is 12.6 Å². The molecule has 0 saturated heterocycles. The highest BCUT2D eigenvalue weighted by molar-refractivity contribution is 7.79. The molecule has 0 aromatic rings. The first-order valence-corrected chi connectivity index (χ1v) is 6.29. The third-order valence-electron chi connectivity index (χ3n) is 1.98. The van der Waals surface area contributed by atoms with Crippen LogP contribution in [0.25, 0.3) is 0 Å². The van der Waals surface area contributed by atoms with Crippen LogP contribution < -0.4 is 0 Å². The van der Waals surface area contributed by atoms with Gasteiger partial charge in [0.2, 0.25) is 0 Å². The van der Waals surface area contributed by atoms with E-state index in [0.29, 0.717) is 0 Å². The minimum Gasteiger partial charge on any atom is -0.393 e. The van der Waals surface area contributed by atoms with Gasteiger partial charge in [0.25, 0.3) is 0 Å². The van der Waals surface area contributed by atoms with E-state index >= 15 is 0 Å². The van der Waals surface area contributed by atoms with Gasteiger partial charge in [0.15, 0.2) is 0 Å². The molecular formula is C11H26OS. The Labute approximate surface area is 89.3 Å². The number of aliphatic hydroxyl groups is 1. The van der Waals surface area contributed by atoms with Crippen molar-refractivity contribution in [1.82, 2.24) is 0 Å². The van der Waals surface area contributed by atoms with Crippen LogP contribution in [0.1, 0.15) is 58.8 Å². The van der Waals surface area contributed by atoms with E-state index in [-0.39, 0.29) is 6.10 Å². The largest absolute Gasteiger partial charge is 0.393 e. The molecule has 0 amide bonds. The molecule has 2 heteroatoms. The van der Waals surface area contributed by atoms with Gasteiger partial charge in [-0.1, -0.05) is 45.4 Å². The molecule has 1 unspecified atom stereocenters. The Kier molecular flexibility index (Phi) is 18.0. The monoisotopic (exact) mass is 206 g/mol. The highest BCUT2D eigenvalue weighted by atomic mass is 32.1. The van der Waals surface area contributed by atoms with Crippen LogP contribution in [0.15, 0.2) is 0 Å². The molecule has 0 fully saturated rings. The molecule has 0 bridgehead atoms. The van der Waals surface area contributed by atoms with Crippen molar-refractivity contribution in [3.05, 3.63) is 0 Å². The van der Waals surface area contributed by atoms with Gasteiger partial charge in [-0.05, 0) is 19.6 Å². The molecule has 0 saturated carbocycles. The maximum absolute atomic E-state index is 8.96. The fourth-order valence-electron chi connectivity index (χ4n) is 1.22. The molecule has 0 aliphatic rings. The number of thiol groups is 1. The van der Waals surface area contributed by atoms with Crippen molar-refractivity contribution < 1.29 is 5.11 Å². The van der Waals surface area contributed by atoms with Gasteiger partial charge in [-0.3, -0.25) is 0 Å². The predicted octanol–water partition coefficient (Wildman–Crippen LogP) is 3.66. The lowest BCUT2D eigenvalue weighted by Gasteiger charge is -2.02. The number of rotatable bonds is 7. The summed E-state index contributed by atoms with van der Waals surface area (Å²) in [5, 5.41) is 8.96. The van der Waals surface area contributed by atoms with Crippen LogP contribution in [0, 0.1) is 0 Å². The van der Waals surface area contributed by atoms with Crippen molar-refractivity contribution in [2.75, 3.05) is 6.26 Å². The van der Waals surface area contributed by atoms with E-state index in [1.54, 1.807) is 6.26 Å². The van der Waals surface area contributed by atoms with Crippen molar-refractivity contribution in [1.29, 1.82) is 0 Å². The summed E-state index contributed by atoms with van der Waals surface area (Å²) in [5.41, 5.74) is 0. The molecule has 1 N–H and O–H groups in total. The Bertz CT molecular complexity index is 74.5. The summed E-state index contributed by atoms with van der Waals surface area (Å²) in [5.74, 6) is 0. The third-order valence-corrected chi connectivity index (χ3v) is 1.98. The van der Waals surface area contributed by atoms with Crippen LogP contribution in [-0.2, 0) is 0 Å². The topological polar surface area (TPSA) is 20.2 Å². The third kappa shape index (κ3) is 18.9. The van der Waals surface area contributed by atoms with Crippen LogP contribution in [0.5, 0.6) is 0 Å². The van der Waals surface area contributed by atoms with E-state index in [0.717, 1.165) is 6.42 Å². The summed E-state index contributed by atoms with van der Waals surface area (Å²) >= 11 is 3.53. The number of hydrogen-bond acceptors (Lipinski definition) is 2. The lowest BCUT2D eigenvalue weighted by molar-refractivity contribution is 0.180. The van der Waals surface area contributed by atoms with Gasteiger partial charge in [0.05, 0.1) is 6.10 Å². The Hall–Kier alpha value is 0.310. The van der Waals surface area contributed by atoms with E-state index in [2.05, 4.69) is 19.6 Å². The first-order chi connectivity index (χ1) is 6.27. The molecule has 13 heavy (non-hydrogen) atoms. The van der Waals surface area contributed by atoms with Gasteiger partial charge in [0.1, 0.15) is 0 Å².